The maximum absolute atomic E-state index is 13.6. The molecule has 3 nitrogen and oxygen atoms in total. The molecule has 0 radical (unpaired) electrons. The number of likely N-dealkylation sites (tertiary alicyclic amines) is 1. The Kier molecular flexibility index (Phi) is 4.24. The molecule has 1 unspecified atom stereocenters. The van der Waals surface area contributed by atoms with Gasteiger partial charge < -0.3 is 10.2 Å². The van der Waals surface area contributed by atoms with Gasteiger partial charge >= 0.3 is 0 Å². The lowest BCUT2D eigenvalue weighted by Gasteiger charge is -2.22. The van der Waals surface area contributed by atoms with E-state index in [9.17, 15) is 9.18 Å². The number of hydrogen-bond acceptors (Lipinski definition) is 2. The summed E-state index contributed by atoms with van der Waals surface area (Å²) in [7, 11) is 0. The van der Waals surface area contributed by atoms with Crippen LogP contribution >= 0.6 is 0 Å². The van der Waals surface area contributed by atoms with Crippen molar-refractivity contribution in [2.75, 3.05) is 26.2 Å². The third-order valence-electron chi connectivity index (χ3n) is 4.93. The molecule has 1 aromatic carbocycles. The summed E-state index contributed by atoms with van der Waals surface area (Å²) in [4.78, 5) is 14.5. The fraction of sp³-hybridized carbons (Fsp3) is 0.588. The van der Waals surface area contributed by atoms with E-state index in [2.05, 4.69) is 5.32 Å². The average Bonchev–Trinajstić information content (AvgIpc) is 3.06. The minimum Gasteiger partial charge on any atom is -0.342 e. The highest BCUT2D eigenvalue weighted by molar-refractivity contribution is 5.78. The Morgan fingerprint density at radius 2 is 2.00 bits per heavy atom. The molecule has 2 aliphatic heterocycles. The molecule has 2 saturated heterocycles. The molecule has 2 aliphatic rings. The van der Waals surface area contributed by atoms with Gasteiger partial charge in [-0.1, -0.05) is 25.1 Å². The highest BCUT2D eigenvalue weighted by Crippen LogP contribution is 2.28. The smallest absolute Gasteiger partial charge is 0.225 e. The van der Waals surface area contributed by atoms with Gasteiger partial charge in [0.15, 0.2) is 0 Å². The van der Waals surface area contributed by atoms with Crippen LogP contribution in [0.2, 0.25) is 0 Å². The molecule has 4 heteroatoms. The minimum atomic E-state index is -0.168. The van der Waals surface area contributed by atoms with E-state index in [0.717, 1.165) is 26.2 Å². The lowest BCUT2D eigenvalue weighted by Crippen LogP contribution is -2.35. The molecular weight excluding hydrogens is 267 g/mol. The van der Waals surface area contributed by atoms with E-state index in [4.69, 9.17) is 0 Å². The first-order valence-corrected chi connectivity index (χ1v) is 7.88. The van der Waals surface area contributed by atoms with Gasteiger partial charge in [-0.25, -0.2) is 4.39 Å². The van der Waals surface area contributed by atoms with E-state index < -0.39 is 0 Å². The van der Waals surface area contributed by atoms with Crippen molar-refractivity contribution in [3.05, 3.63) is 35.6 Å². The van der Waals surface area contributed by atoms with Crippen molar-refractivity contribution in [3.63, 3.8) is 0 Å². The van der Waals surface area contributed by atoms with E-state index in [-0.39, 0.29) is 17.6 Å². The van der Waals surface area contributed by atoms with Crippen molar-refractivity contribution in [2.45, 2.75) is 19.8 Å². The Balaban J connectivity index is 1.52. The van der Waals surface area contributed by atoms with Gasteiger partial charge in [0.25, 0.3) is 0 Å². The summed E-state index contributed by atoms with van der Waals surface area (Å²) in [6.45, 7) is 5.83. The van der Waals surface area contributed by atoms with Crippen LogP contribution in [0.3, 0.4) is 0 Å². The standard InChI is InChI=1S/C17H23FN2O/c1-12(6-7-13-4-2-3-5-16(13)18)17(21)20-10-14-8-19-9-15(14)11-20/h2-5,12,14-15,19H,6-11H2,1H3/t12?,14-,15+. The molecule has 0 aliphatic carbocycles. The van der Waals surface area contributed by atoms with Crippen LogP contribution in [-0.2, 0) is 11.2 Å². The van der Waals surface area contributed by atoms with Gasteiger partial charge in [0.2, 0.25) is 5.91 Å². The largest absolute Gasteiger partial charge is 0.342 e. The molecular formula is C17H23FN2O. The van der Waals surface area contributed by atoms with E-state index in [1.54, 1.807) is 12.1 Å². The molecule has 1 aromatic rings. The van der Waals surface area contributed by atoms with Crippen LogP contribution in [0.1, 0.15) is 18.9 Å². The molecule has 2 heterocycles. The molecule has 114 valence electrons. The first kappa shape index (κ1) is 14.5. The van der Waals surface area contributed by atoms with Crippen molar-refractivity contribution in [3.8, 4) is 0 Å². The van der Waals surface area contributed by atoms with Crippen LogP contribution in [-0.4, -0.2) is 37.0 Å². The van der Waals surface area contributed by atoms with Gasteiger partial charge in [0, 0.05) is 32.1 Å². The van der Waals surface area contributed by atoms with Gasteiger partial charge in [-0.15, -0.1) is 0 Å². The van der Waals surface area contributed by atoms with Gasteiger partial charge in [-0.3, -0.25) is 4.79 Å². The lowest BCUT2D eigenvalue weighted by atomic mass is 9.99. The first-order valence-electron chi connectivity index (χ1n) is 7.88. The van der Waals surface area contributed by atoms with Crippen LogP contribution in [0.15, 0.2) is 24.3 Å². The number of halogens is 1. The van der Waals surface area contributed by atoms with E-state index in [0.29, 0.717) is 30.2 Å². The first-order chi connectivity index (χ1) is 10.1. The summed E-state index contributed by atoms with van der Waals surface area (Å²) >= 11 is 0. The van der Waals surface area contributed by atoms with Crippen LogP contribution in [0, 0.1) is 23.6 Å². The highest BCUT2D eigenvalue weighted by atomic mass is 19.1. The number of nitrogens with zero attached hydrogens (tertiary/aromatic N) is 1. The van der Waals surface area contributed by atoms with Crippen molar-refractivity contribution in [1.82, 2.24) is 10.2 Å². The van der Waals surface area contributed by atoms with Crippen molar-refractivity contribution >= 4 is 5.91 Å². The van der Waals surface area contributed by atoms with Crippen LogP contribution in [0.25, 0.3) is 0 Å². The second-order valence-electron chi connectivity index (χ2n) is 6.45. The number of carbonyl (C=O) groups is 1. The molecule has 21 heavy (non-hydrogen) atoms. The summed E-state index contributed by atoms with van der Waals surface area (Å²) in [6.07, 6.45) is 1.34. The molecule has 0 bridgehead atoms. The number of aryl methyl sites for hydroxylation is 1. The molecule has 0 spiro atoms. The van der Waals surface area contributed by atoms with Gasteiger partial charge in [0.1, 0.15) is 5.82 Å². The van der Waals surface area contributed by atoms with Crippen molar-refractivity contribution in [2.24, 2.45) is 17.8 Å². The maximum Gasteiger partial charge on any atom is 0.225 e. The second kappa shape index (κ2) is 6.14. The van der Waals surface area contributed by atoms with Gasteiger partial charge in [-0.2, -0.15) is 0 Å². The minimum absolute atomic E-state index is 0.0311. The zero-order valence-corrected chi connectivity index (χ0v) is 12.5. The number of rotatable bonds is 4. The Labute approximate surface area is 125 Å². The quantitative estimate of drug-likeness (QED) is 0.921. The Bertz CT molecular complexity index is 507. The molecule has 3 atom stereocenters. The summed E-state index contributed by atoms with van der Waals surface area (Å²) in [5.74, 6) is 1.30. The molecule has 0 saturated carbocycles. The zero-order valence-electron chi connectivity index (χ0n) is 12.5. The van der Waals surface area contributed by atoms with Gasteiger partial charge in [-0.05, 0) is 36.3 Å². The zero-order chi connectivity index (χ0) is 14.8. The van der Waals surface area contributed by atoms with E-state index in [1.165, 1.54) is 6.07 Å². The second-order valence-corrected chi connectivity index (χ2v) is 6.45. The molecule has 1 amide bonds. The summed E-state index contributed by atoms with van der Waals surface area (Å²) in [6, 6.07) is 6.83. The van der Waals surface area contributed by atoms with Crippen LogP contribution in [0.4, 0.5) is 4.39 Å². The van der Waals surface area contributed by atoms with Crippen molar-refractivity contribution < 1.29 is 9.18 Å². The van der Waals surface area contributed by atoms with Crippen LogP contribution < -0.4 is 5.32 Å². The SMILES string of the molecule is CC(CCc1ccccc1F)C(=O)N1C[C@H]2CNC[C@H]2C1. The third-order valence-corrected chi connectivity index (χ3v) is 4.93. The number of hydrogen-bond donors (Lipinski definition) is 1. The molecule has 3 rings (SSSR count). The number of benzene rings is 1. The van der Waals surface area contributed by atoms with E-state index in [1.807, 2.05) is 17.9 Å². The number of amides is 1. The Hall–Kier alpha value is -1.42. The van der Waals surface area contributed by atoms with Crippen molar-refractivity contribution in [1.29, 1.82) is 0 Å². The number of fused-ring (bicyclic) bond motifs is 1. The summed E-state index contributed by atoms with van der Waals surface area (Å²) < 4.78 is 13.6. The number of carbonyl (C=O) groups excluding carboxylic acids is 1. The predicted molar refractivity (Wildman–Crippen MR) is 80.3 cm³/mol. The fourth-order valence-electron chi connectivity index (χ4n) is 3.54. The third kappa shape index (κ3) is 3.10. The number of nitrogens with one attached hydrogen (secondary N) is 1. The summed E-state index contributed by atoms with van der Waals surface area (Å²) in [5, 5.41) is 3.39. The molecule has 0 aromatic heterocycles. The fourth-order valence-corrected chi connectivity index (χ4v) is 3.54. The topological polar surface area (TPSA) is 32.3 Å². The lowest BCUT2D eigenvalue weighted by molar-refractivity contribution is -0.134. The Morgan fingerprint density at radius 3 is 2.67 bits per heavy atom. The average molecular weight is 290 g/mol. The highest BCUT2D eigenvalue weighted by Gasteiger charge is 2.38. The van der Waals surface area contributed by atoms with Gasteiger partial charge in [0.05, 0.1) is 0 Å². The Morgan fingerprint density at radius 1 is 1.33 bits per heavy atom. The van der Waals surface area contributed by atoms with E-state index >= 15 is 0 Å². The molecule has 1 N–H and O–H groups in total. The molecule has 2 fully saturated rings. The normalized spacial score (nSPS) is 25.9. The summed E-state index contributed by atoms with van der Waals surface area (Å²) in [5.41, 5.74) is 0.708. The predicted octanol–water partition coefficient (Wildman–Crippen LogP) is 2.07. The monoisotopic (exact) mass is 290 g/mol. The van der Waals surface area contributed by atoms with Crippen LogP contribution in [0.5, 0.6) is 0 Å². The maximum atomic E-state index is 13.6.